The van der Waals surface area contributed by atoms with Crippen molar-refractivity contribution in [3.05, 3.63) is 55.4 Å². The Bertz CT molecular complexity index is 609. The Morgan fingerprint density at radius 3 is 1.60 bits per heavy atom. The minimum atomic E-state index is 0.415. The van der Waals surface area contributed by atoms with Crippen molar-refractivity contribution in [1.82, 2.24) is 0 Å². The molecule has 0 saturated carbocycles. The molecule has 0 unspecified atom stereocenters. The molecule has 0 saturated heterocycles. The molecule has 0 aliphatic heterocycles. The number of hydrogen-bond acceptors (Lipinski definition) is 1. The average Bonchev–Trinajstić information content (AvgIpc) is 2.36. The van der Waals surface area contributed by atoms with Gasteiger partial charge in [-0.25, -0.2) is 0 Å². The molecule has 0 radical (unpaired) electrons. The van der Waals surface area contributed by atoms with Crippen molar-refractivity contribution in [3.63, 3.8) is 0 Å². The maximum atomic E-state index is 6.12. The number of hydrogen-bond donors (Lipinski definition) is 2. The van der Waals surface area contributed by atoms with Gasteiger partial charge in [-0.3, -0.25) is 0 Å². The zero-order valence-corrected chi connectivity index (χ0v) is 15.4. The Morgan fingerprint density at radius 1 is 0.850 bits per heavy atom. The first-order chi connectivity index (χ1) is 9.45. The van der Waals surface area contributed by atoms with Gasteiger partial charge in [0.1, 0.15) is 0 Å². The van der Waals surface area contributed by atoms with E-state index in [1.165, 1.54) is 0 Å². The van der Waals surface area contributed by atoms with Gasteiger partial charge in [-0.1, -0.05) is 55.1 Å². The first-order valence-electron chi connectivity index (χ1n) is 5.44. The summed E-state index contributed by atoms with van der Waals surface area (Å²) in [5, 5.41) is 7.61. The predicted octanol–water partition coefficient (Wildman–Crippen LogP) is 6.33. The Balaban J connectivity index is 2.09. The summed E-state index contributed by atoms with van der Waals surface area (Å²) in [4.78, 5) is 0. The molecule has 0 heterocycles. The lowest BCUT2D eigenvalue weighted by atomic mass is 10.3. The molecule has 2 aromatic rings. The number of anilines is 2. The molecule has 2 nitrogen and oxygen atoms in total. The van der Waals surface area contributed by atoms with Crippen LogP contribution in [0, 0.1) is 0 Å². The highest BCUT2D eigenvalue weighted by Crippen LogP contribution is 2.28. The predicted molar refractivity (Wildman–Crippen MR) is 98.1 cm³/mol. The third-order valence-corrected chi connectivity index (χ3v) is 4.17. The monoisotopic (exact) mass is 452 g/mol. The Kier molecular flexibility index (Phi) is 5.69. The van der Waals surface area contributed by atoms with Crippen molar-refractivity contribution >= 4 is 83.8 Å². The Labute approximate surface area is 149 Å². The van der Waals surface area contributed by atoms with Crippen LogP contribution in [0.2, 0.25) is 10.0 Å². The molecule has 7 heteroatoms. The molecule has 2 N–H and O–H groups in total. The SMILES string of the molecule is S=C(Nc1ccc(Br)cc1Cl)Nc1ccc(Br)cc1Cl. The van der Waals surface area contributed by atoms with E-state index in [4.69, 9.17) is 35.4 Å². The van der Waals surface area contributed by atoms with Gasteiger partial charge in [-0.05, 0) is 48.6 Å². The number of rotatable bonds is 2. The molecule has 0 aliphatic carbocycles. The van der Waals surface area contributed by atoms with Crippen LogP contribution < -0.4 is 10.6 Å². The van der Waals surface area contributed by atoms with Crippen LogP contribution in [-0.4, -0.2) is 5.11 Å². The van der Waals surface area contributed by atoms with E-state index >= 15 is 0 Å². The van der Waals surface area contributed by atoms with Crippen molar-refractivity contribution in [2.24, 2.45) is 0 Å². The number of nitrogens with one attached hydrogen (secondary N) is 2. The van der Waals surface area contributed by atoms with E-state index in [-0.39, 0.29) is 0 Å². The zero-order valence-electron chi connectivity index (χ0n) is 9.88. The molecular formula is C13H8Br2Cl2N2S. The number of halogens is 4. The second-order valence-electron chi connectivity index (χ2n) is 3.83. The summed E-state index contributed by atoms with van der Waals surface area (Å²) in [6, 6.07) is 11.0. The van der Waals surface area contributed by atoms with Crippen LogP contribution in [0.5, 0.6) is 0 Å². The first-order valence-corrected chi connectivity index (χ1v) is 8.19. The van der Waals surface area contributed by atoms with E-state index in [0.29, 0.717) is 15.2 Å². The number of thiocarbonyl (C=S) groups is 1. The minimum Gasteiger partial charge on any atom is -0.331 e. The van der Waals surface area contributed by atoms with E-state index in [9.17, 15) is 0 Å². The van der Waals surface area contributed by atoms with Gasteiger partial charge in [0.2, 0.25) is 0 Å². The minimum absolute atomic E-state index is 0.415. The highest BCUT2D eigenvalue weighted by atomic mass is 79.9. The third kappa shape index (κ3) is 4.33. The number of benzene rings is 2. The summed E-state index contributed by atoms with van der Waals surface area (Å²) in [7, 11) is 0. The van der Waals surface area contributed by atoms with Gasteiger partial charge in [0.05, 0.1) is 21.4 Å². The molecule has 0 atom stereocenters. The molecule has 0 aliphatic rings. The normalized spacial score (nSPS) is 10.2. The fraction of sp³-hybridized carbons (Fsp3) is 0. The van der Waals surface area contributed by atoms with Crippen LogP contribution in [0.25, 0.3) is 0 Å². The van der Waals surface area contributed by atoms with Crippen molar-refractivity contribution in [2.45, 2.75) is 0 Å². The van der Waals surface area contributed by atoms with Crippen LogP contribution in [-0.2, 0) is 0 Å². The summed E-state index contributed by atoms with van der Waals surface area (Å²) < 4.78 is 1.81. The van der Waals surface area contributed by atoms with E-state index in [2.05, 4.69) is 42.5 Å². The summed E-state index contributed by atoms with van der Waals surface area (Å²) in [5.74, 6) is 0. The quantitative estimate of drug-likeness (QED) is 0.518. The second-order valence-corrected chi connectivity index (χ2v) is 6.88. The smallest absolute Gasteiger partial charge is 0.175 e. The molecule has 0 aromatic heterocycles. The summed E-state index contributed by atoms with van der Waals surface area (Å²) in [6.45, 7) is 0. The molecule has 20 heavy (non-hydrogen) atoms. The Hall–Kier alpha value is -0.330. The molecule has 0 spiro atoms. The van der Waals surface area contributed by atoms with Gasteiger partial charge in [-0.2, -0.15) is 0 Å². The summed E-state index contributed by atoms with van der Waals surface area (Å²) >= 11 is 24.2. The maximum absolute atomic E-state index is 6.12. The second kappa shape index (κ2) is 7.09. The van der Waals surface area contributed by atoms with Crippen LogP contribution >= 0.6 is 67.3 Å². The Morgan fingerprint density at radius 2 is 1.25 bits per heavy atom. The van der Waals surface area contributed by atoms with Crippen molar-refractivity contribution < 1.29 is 0 Å². The largest absolute Gasteiger partial charge is 0.331 e. The molecule has 0 fully saturated rings. The lowest BCUT2D eigenvalue weighted by Crippen LogP contribution is -2.19. The molecule has 2 aromatic carbocycles. The van der Waals surface area contributed by atoms with Gasteiger partial charge in [0.25, 0.3) is 0 Å². The third-order valence-electron chi connectivity index (χ3n) is 2.36. The van der Waals surface area contributed by atoms with Gasteiger partial charge >= 0.3 is 0 Å². The molecule has 104 valence electrons. The van der Waals surface area contributed by atoms with Crippen molar-refractivity contribution in [1.29, 1.82) is 0 Å². The van der Waals surface area contributed by atoms with E-state index in [1.54, 1.807) is 12.1 Å². The highest BCUT2D eigenvalue weighted by molar-refractivity contribution is 9.10. The first kappa shape index (κ1) is 16.0. The van der Waals surface area contributed by atoms with Crippen molar-refractivity contribution in [3.8, 4) is 0 Å². The molecule has 2 rings (SSSR count). The average molecular weight is 455 g/mol. The van der Waals surface area contributed by atoms with Crippen LogP contribution in [0.15, 0.2) is 45.3 Å². The highest BCUT2D eigenvalue weighted by Gasteiger charge is 2.06. The van der Waals surface area contributed by atoms with Gasteiger partial charge < -0.3 is 10.6 Å². The summed E-state index contributed by atoms with van der Waals surface area (Å²) in [5.41, 5.74) is 1.45. The van der Waals surface area contributed by atoms with Crippen LogP contribution in [0.4, 0.5) is 11.4 Å². The molecule has 0 amide bonds. The zero-order chi connectivity index (χ0) is 14.7. The lowest BCUT2D eigenvalue weighted by molar-refractivity contribution is 1.57. The van der Waals surface area contributed by atoms with E-state index < -0.39 is 0 Å². The summed E-state index contributed by atoms with van der Waals surface area (Å²) in [6.07, 6.45) is 0. The van der Waals surface area contributed by atoms with E-state index in [0.717, 1.165) is 20.3 Å². The van der Waals surface area contributed by atoms with Crippen LogP contribution in [0.1, 0.15) is 0 Å². The maximum Gasteiger partial charge on any atom is 0.175 e. The fourth-order valence-corrected chi connectivity index (χ4v) is 3.12. The fourth-order valence-electron chi connectivity index (χ4n) is 1.46. The van der Waals surface area contributed by atoms with Gasteiger partial charge in [-0.15, -0.1) is 0 Å². The topological polar surface area (TPSA) is 24.1 Å². The van der Waals surface area contributed by atoms with Gasteiger partial charge in [0, 0.05) is 8.95 Å². The van der Waals surface area contributed by atoms with Crippen molar-refractivity contribution in [2.75, 3.05) is 10.6 Å². The standard InChI is InChI=1S/C13H8Br2Cl2N2S/c14-7-1-3-11(9(16)5-7)18-13(20)19-12-4-2-8(15)6-10(12)17/h1-6H,(H2,18,19,20). The van der Waals surface area contributed by atoms with Crippen LogP contribution in [0.3, 0.4) is 0 Å². The molecular weight excluding hydrogens is 447 g/mol. The lowest BCUT2D eigenvalue weighted by Gasteiger charge is -2.13. The molecule has 0 bridgehead atoms. The van der Waals surface area contributed by atoms with Gasteiger partial charge in [0.15, 0.2) is 5.11 Å². The van der Waals surface area contributed by atoms with E-state index in [1.807, 2.05) is 24.3 Å².